The van der Waals surface area contributed by atoms with E-state index < -0.39 is 5.97 Å². The van der Waals surface area contributed by atoms with Crippen molar-refractivity contribution in [2.45, 2.75) is 20.0 Å². The summed E-state index contributed by atoms with van der Waals surface area (Å²) < 4.78 is 2.04. The number of aromatic nitrogens is 2. The minimum absolute atomic E-state index is 0.281. The molecule has 1 aromatic carbocycles. The molecule has 2 N–H and O–H groups in total. The van der Waals surface area contributed by atoms with Crippen LogP contribution in [-0.4, -0.2) is 20.6 Å². The monoisotopic (exact) mass is 245 g/mol. The number of hydrogen-bond donors (Lipinski definition) is 2. The van der Waals surface area contributed by atoms with Crippen molar-refractivity contribution < 1.29 is 9.90 Å². The number of aryl methyl sites for hydroxylation is 1. The van der Waals surface area contributed by atoms with E-state index in [0.29, 0.717) is 6.54 Å². The van der Waals surface area contributed by atoms with Crippen LogP contribution >= 0.6 is 0 Å². The summed E-state index contributed by atoms with van der Waals surface area (Å²) in [5, 5.41) is 12.1. The highest BCUT2D eigenvalue weighted by molar-refractivity contribution is 5.88. The zero-order valence-corrected chi connectivity index (χ0v) is 10.1. The van der Waals surface area contributed by atoms with Gasteiger partial charge in [-0.1, -0.05) is 6.07 Å². The molecule has 5 heteroatoms. The molecule has 94 valence electrons. The van der Waals surface area contributed by atoms with Gasteiger partial charge in [-0.25, -0.2) is 9.78 Å². The molecule has 2 rings (SSSR count). The molecule has 1 aromatic heterocycles. The third-order valence-corrected chi connectivity index (χ3v) is 2.72. The molecule has 0 amide bonds. The van der Waals surface area contributed by atoms with Gasteiger partial charge in [0.2, 0.25) is 0 Å². The van der Waals surface area contributed by atoms with Crippen molar-refractivity contribution in [3.8, 4) is 0 Å². The van der Waals surface area contributed by atoms with Crippen LogP contribution in [0.15, 0.2) is 36.8 Å². The van der Waals surface area contributed by atoms with Crippen LogP contribution in [0.4, 0.5) is 5.69 Å². The topological polar surface area (TPSA) is 67.2 Å². The molecule has 0 unspecified atom stereocenters. The lowest BCUT2D eigenvalue weighted by molar-refractivity contribution is 0.0697. The Morgan fingerprint density at radius 1 is 1.50 bits per heavy atom. The maximum Gasteiger partial charge on any atom is 0.335 e. The summed E-state index contributed by atoms with van der Waals surface area (Å²) in [5.74, 6) is -0.919. The van der Waals surface area contributed by atoms with E-state index in [2.05, 4.69) is 17.2 Å². The fraction of sp³-hybridized carbons (Fsp3) is 0.231. The van der Waals surface area contributed by atoms with Crippen molar-refractivity contribution >= 4 is 11.7 Å². The van der Waals surface area contributed by atoms with Crippen molar-refractivity contribution in [1.29, 1.82) is 0 Å². The molecule has 18 heavy (non-hydrogen) atoms. The molecular weight excluding hydrogens is 230 g/mol. The van der Waals surface area contributed by atoms with E-state index in [4.69, 9.17) is 5.11 Å². The Hall–Kier alpha value is -2.30. The van der Waals surface area contributed by atoms with Gasteiger partial charge in [0.05, 0.1) is 24.1 Å². The Morgan fingerprint density at radius 3 is 3.06 bits per heavy atom. The van der Waals surface area contributed by atoms with E-state index >= 15 is 0 Å². The zero-order valence-electron chi connectivity index (χ0n) is 10.1. The zero-order chi connectivity index (χ0) is 13.0. The molecule has 2 aromatic rings. The summed E-state index contributed by atoms with van der Waals surface area (Å²) >= 11 is 0. The minimum Gasteiger partial charge on any atom is -0.478 e. The van der Waals surface area contributed by atoms with E-state index in [9.17, 15) is 4.79 Å². The predicted molar refractivity (Wildman–Crippen MR) is 68.6 cm³/mol. The number of hydrogen-bond acceptors (Lipinski definition) is 3. The van der Waals surface area contributed by atoms with E-state index in [1.807, 2.05) is 10.6 Å². The lowest BCUT2D eigenvalue weighted by Gasteiger charge is -2.08. The highest BCUT2D eigenvalue weighted by Crippen LogP contribution is 2.12. The predicted octanol–water partition coefficient (Wildman–Crippen LogP) is 2.21. The van der Waals surface area contributed by atoms with Gasteiger partial charge in [0, 0.05) is 18.4 Å². The number of rotatable bonds is 5. The second kappa shape index (κ2) is 5.35. The number of anilines is 1. The lowest BCUT2D eigenvalue weighted by atomic mass is 10.2. The Bertz CT molecular complexity index is 549. The number of carboxylic acid groups (broad SMARTS) is 1. The average molecular weight is 245 g/mol. The molecule has 0 bridgehead atoms. The van der Waals surface area contributed by atoms with Crippen molar-refractivity contribution in [2.75, 3.05) is 5.32 Å². The Labute approximate surface area is 105 Å². The van der Waals surface area contributed by atoms with Gasteiger partial charge in [-0.2, -0.15) is 0 Å². The number of aromatic carboxylic acids is 1. The Morgan fingerprint density at radius 2 is 2.33 bits per heavy atom. The highest BCUT2D eigenvalue weighted by atomic mass is 16.4. The third kappa shape index (κ3) is 2.68. The first-order valence-corrected chi connectivity index (χ1v) is 5.77. The van der Waals surface area contributed by atoms with Gasteiger partial charge in [0.1, 0.15) is 0 Å². The maximum absolute atomic E-state index is 10.8. The van der Waals surface area contributed by atoms with Crippen LogP contribution in [0.3, 0.4) is 0 Å². The van der Waals surface area contributed by atoms with Gasteiger partial charge in [-0.05, 0) is 25.1 Å². The minimum atomic E-state index is -0.919. The number of carbonyl (C=O) groups is 1. The number of nitrogens with zero attached hydrogens (tertiary/aromatic N) is 2. The molecular formula is C13H15N3O2. The third-order valence-electron chi connectivity index (χ3n) is 2.72. The normalized spacial score (nSPS) is 10.3. The molecule has 0 atom stereocenters. The smallest absolute Gasteiger partial charge is 0.335 e. The Balaban J connectivity index is 2.06. The van der Waals surface area contributed by atoms with Crippen LogP contribution in [-0.2, 0) is 13.1 Å². The van der Waals surface area contributed by atoms with Crippen LogP contribution in [0.2, 0.25) is 0 Å². The van der Waals surface area contributed by atoms with Crippen LogP contribution in [0.25, 0.3) is 0 Å². The lowest BCUT2D eigenvalue weighted by Crippen LogP contribution is -2.06. The van der Waals surface area contributed by atoms with Crippen molar-refractivity contribution in [1.82, 2.24) is 9.55 Å². The van der Waals surface area contributed by atoms with Crippen molar-refractivity contribution in [3.05, 3.63) is 48.0 Å². The van der Waals surface area contributed by atoms with Gasteiger partial charge in [0.25, 0.3) is 0 Å². The van der Waals surface area contributed by atoms with E-state index in [1.54, 1.807) is 30.7 Å². The molecule has 0 spiro atoms. The first kappa shape index (κ1) is 12.2. The number of imidazole rings is 1. The molecule has 5 nitrogen and oxygen atoms in total. The first-order valence-electron chi connectivity index (χ1n) is 5.77. The first-order chi connectivity index (χ1) is 8.70. The second-order valence-electron chi connectivity index (χ2n) is 3.91. The molecule has 0 radical (unpaired) electrons. The Kier molecular flexibility index (Phi) is 3.62. The molecule has 1 heterocycles. The largest absolute Gasteiger partial charge is 0.478 e. The summed E-state index contributed by atoms with van der Waals surface area (Å²) in [5.41, 5.74) is 2.14. The van der Waals surface area contributed by atoms with E-state index in [1.165, 1.54) is 0 Å². The maximum atomic E-state index is 10.8. The number of benzene rings is 1. The SMILES string of the molecule is CCn1cncc1CNc1cccc(C(=O)O)c1. The average Bonchev–Trinajstić information content (AvgIpc) is 2.84. The fourth-order valence-electron chi connectivity index (χ4n) is 1.73. The van der Waals surface area contributed by atoms with Crippen molar-refractivity contribution in [2.24, 2.45) is 0 Å². The van der Waals surface area contributed by atoms with Crippen molar-refractivity contribution in [3.63, 3.8) is 0 Å². The van der Waals surface area contributed by atoms with Gasteiger partial charge < -0.3 is 15.0 Å². The van der Waals surface area contributed by atoms with Gasteiger partial charge in [0.15, 0.2) is 0 Å². The summed E-state index contributed by atoms with van der Waals surface area (Å²) in [7, 11) is 0. The van der Waals surface area contributed by atoms with Gasteiger partial charge >= 0.3 is 5.97 Å². The van der Waals surface area contributed by atoms with Gasteiger partial charge in [-0.15, -0.1) is 0 Å². The molecule has 0 saturated heterocycles. The fourth-order valence-corrected chi connectivity index (χ4v) is 1.73. The highest BCUT2D eigenvalue weighted by Gasteiger charge is 2.04. The summed E-state index contributed by atoms with van der Waals surface area (Å²) in [6, 6.07) is 6.76. The van der Waals surface area contributed by atoms with Crippen LogP contribution in [0, 0.1) is 0 Å². The van der Waals surface area contributed by atoms with E-state index in [0.717, 1.165) is 17.9 Å². The summed E-state index contributed by atoms with van der Waals surface area (Å²) in [4.78, 5) is 14.9. The molecule has 0 aliphatic heterocycles. The second-order valence-corrected chi connectivity index (χ2v) is 3.91. The molecule has 0 fully saturated rings. The number of nitrogens with one attached hydrogen (secondary N) is 1. The van der Waals surface area contributed by atoms with Crippen LogP contribution < -0.4 is 5.32 Å². The summed E-state index contributed by atoms with van der Waals surface area (Å²) in [6.07, 6.45) is 3.59. The van der Waals surface area contributed by atoms with Crippen LogP contribution in [0.1, 0.15) is 23.0 Å². The molecule has 0 aliphatic carbocycles. The van der Waals surface area contributed by atoms with Crippen LogP contribution in [0.5, 0.6) is 0 Å². The molecule has 0 saturated carbocycles. The summed E-state index contributed by atoms with van der Waals surface area (Å²) in [6.45, 7) is 3.54. The standard InChI is InChI=1S/C13H15N3O2/c1-2-16-9-14-7-12(16)8-15-11-5-3-4-10(6-11)13(17)18/h3-7,9,15H,2,8H2,1H3,(H,17,18). The van der Waals surface area contributed by atoms with Gasteiger partial charge in [-0.3, -0.25) is 0 Å². The van der Waals surface area contributed by atoms with E-state index in [-0.39, 0.29) is 5.56 Å². The molecule has 0 aliphatic rings. The number of carboxylic acids is 1. The quantitative estimate of drug-likeness (QED) is 0.847.